The van der Waals surface area contributed by atoms with Crippen molar-refractivity contribution in [1.29, 1.82) is 0 Å². The second-order valence-electron chi connectivity index (χ2n) is 4.37. The average molecular weight is 258 g/mol. The second-order valence-corrected chi connectivity index (χ2v) is 4.37. The minimum absolute atomic E-state index is 0.250. The van der Waals surface area contributed by atoms with Crippen LogP contribution in [0.3, 0.4) is 0 Å². The van der Waals surface area contributed by atoms with E-state index in [9.17, 15) is 8.78 Å². The fraction of sp³-hybridized carbons (Fsp3) is 0.0667. The molecule has 2 nitrogen and oxygen atoms in total. The third-order valence-electron chi connectivity index (χ3n) is 3.04. The Balaban J connectivity index is 1.79. The SMILES string of the molecule is Fc1ccc(F)c(CNc2ccc3[nH]ccc3c2)c1. The first kappa shape index (κ1) is 11.7. The van der Waals surface area contributed by atoms with Crippen LogP contribution < -0.4 is 5.32 Å². The Morgan fingerprint density at radius 3 is 2.79 bits per heavy atom. The number of rotatable bonds is 3. The quantitative estimate of drug-likeness (QED) is 0.728. The maximum atomic E-state index is 13.5. The minimum atomic E-state index is -0.431. The molecule has 0 fully saturated rings. The van der Waals surface area contributed by atoms with Crippen molar-refractivity contribution in [3.05, 3.63) is 65.9 Å². The van der Waals surface area contributed by atoms with E-state index in [2.05, 4.69) is 10.3 Å². The molecule has 0 unspecified atom stereocenters. The van der Waals surface area contributed by atoms with Crippen molar-refractivity contribution in [2.45, 2.75) is 6.54 Å². The number of benzene rings is 2. The van der Waals surface area contributed by atoms with Crippen LogP contribution in [0, 0.1) is 11.6 Å². The van der Waals surface area contributed by atoms with Crippen LogP contribution in [0.4, 0.5) is 14.5 Å². The molecule has 2 aromatic carbocycles. The van der Waals surface area contributed by atoms with Crippen LogP contribution in [0.15, 0.2) is 48.7 Å². The van der Waals surface area contributed by atoms with Crippen LogP contribution in [0.1, 0.15) is 5.56 Å². The van der Waals surface area contributed by atoms with Gasteiger partial charge in [-0.3, -0.25) is 0 Å². The molecule has 0 aliphatic rings. The van der Waals surface area contributed by atoms with Crippen LogP contribution in [-0.2, 0) is 6.54 Å². The van der Waals surface area contributed by atoms with Gasteiger partial charge in [-0.25, -0.2) is 8.78 Å². The largest absolute Gasteiger partial charge is 0.381 e. The van der Waals surface area contributed by atoms with Gasteiger partial charge in [0.25, 0.3) is 0 Å². The molecule has 0 aliphatic carbocycles. The fourth-order valence-corrected chi connectivity index (χ4v) is 2.04. The van der Waals surface area contributed by atoms with Gasteiger partial charge in [0.15, 0.2) is 0 Å². The molecule has 2 N–H and O–H groups in total. The van der Waals surface area contributed by atoms with Crippen molar-refractivity contribution in [3.8, 4) is 0 Å². The predicted molar refractivity (Wildman–Crippen MR) is 72.0 cm³/mol. The lowest BCUT2D eigenvalue weighted by Crippen LogP contribution is -2.02. The predicted octanol–water partition coefficient (Wildman–Crippen LogP) is 4.06. The Labute approximate surface area is 109 Å². The zero-order chi connectivity index (χ0) is 13.2. The number of anilines is 1. The summed E-state index contributed by atoms with van der Waals surface area (Å²) >= 11 is 0. The Kier molecular flexibility index (Phi) is 2.91. The number of halogens is 2. The molecule has 0 saturated heterocycles. The summed E-state index contributed by atoms with van der Waals surface area (Å²) in [5.74, 6) is -0.837. The topological polar surface area (TPSA) is 27.8 Å². The summed E-state index contributed by atoms with van der Waals surface area (Å²) in [6.07, 6.45) is 1.86. The van der Waals surface area contributed by atoms with Crippen molar-refractivity contribution < 1.29 is 8.78 Å². The molecule has 3 aromatic rings. The minimum Gasteiger partial charge on any atom is -0.381 e. The van der Waals surface area contributed by atoms with Gasteiger partial charge >= 0.3 is 0 Å². The summed E-state index contributed by atoms with van der Waals surface area (Å²) in [5, 5.41) is 4.16. The first-order chi connectivity index (χ1) is 9.22. The van der Waals surface area contributed by atoms with Crippen molar-refractivity contribution in [2.24, 2.45) is 0 Å². The maximum absolute atomic E-state index is 13.5. The van der Waals surface area contributed by atoms with E-state index in [1.165, 1.54) is 6.07 Å². The highest BCUT2D eigenvalue weighted by atomic mass is 19.1. The van der Waals surface area contributed by atoms with E-state index in [0.717, 1.165) is 28.7 Å². The number of H-pyrrole nitrogens is 1. The zero-order valence-corrected chi connectivity index (χ0v) is 10.1. The molecule has 1 heterocycles. The van der Waals surface area contributed by atoms with Crippen LogP contribution in [-0.4, -0.2) is 4.98 Å². The standard InChI is InChI=1S/C15H12F2N2/c16-12-1-3-14(17)11(7-12)9-19-13-2-4-15-10(8-13)5-6-18-15/h1-8,18-19H,9H2. The molecular weight excluding hydrogens is 246 g/mol. The third-order valence-corrected chi connectivity index (χ3v) is 3.04. The Morgan fingerprint density at radius 2 is 1.89 bits per heavy atom. The molecule has 0 bridgehead atoms. The molecule has 96 valence electrons. The number of nitrogens with one attached hydrogen (secondary N) is 2. The van der Waals surface area contributed by atoms with Gasteiger partial charge in [0.2, 0.25) is 0 Å². The van der Waals surface area contributed by atoms with Gasteiger partial charge in [0.1, 0.15) is 11.6 Å². The fourth-order valence-electron chi connectivity index (χ4n) is 2.04. The summed E-state index contributed by atoms with van der Waals surface area (Å²) in [6.45, 7) is 0.250. The maximum Gasteiger partial charge on any atom is 0.128 e. The van der Waals surface area contributed by atoms with Crippen molar-refractivity contribution in [2.75, 3.05) is 5.32 Å². The van der Waals surface area contributed by atoms with E-state index in [1.54, 1.807) is 0 Å². The monoisotopic (exact) mass is 258 g/mol. The van der Waals surface area contributed by atoms with E-state index in [0.29, 0.717) is 5.56 Å². The highest BCUT2D eigenvalue weighted by molar-refractivity contribution is 5.82. The lowest BCUT2D eigenvalue weighted by Gasteiger charge is -2.08. The van der Waals surface area contributed by atoms with E-state index in [-0.39, 0.29) is 6.54 Å². The molecule has 0 radical (unpaired) electrons. The van der Waals surface area contributed by atoms with Crippen LogP contribution in [0.5, 0.6) is 0 Å². The highest BCUT2D eigenvalue weighted by Crippen LogP contribution is 2.19. The molecule has 0 saturated carbocycles. The van der Waals surface area contributed by atoms with Gasteiger partial charge < -0.3 is 10.3 Å². The zero-order valence-electron chi connectivity index (χ0n) is 10.1. The molecule has 0 amide bonds. The summed E-state index contributed by atoms with van der Waals surface area (Å²) in [7, 11) is 0. The number of fused-ring (bicyclic) bond motifs is 1. The number of hydrogen-bond acceptors (Lipinski definition) is 1. The van der Waals surface area contributed by atoms with E-state index in [1.807, 2.05) is 30.5 Å². The normalized spacial score (nSPS) is 10.8. The summed E-state index contributed by atoms with van der Waals surface area (Å²) in [5.41, 5.74) is 2.23. The molecule has 0 atom stereocenters. The third kappa shape index (κ3) is 2.42. The van der Waals surface area contributed by atoms with Gasteiger partial charge in [-0.1, -0.05) is 0 Å². The molecule has 0 aliphatic heterocycles. The van der Waals surface area contributed by atoms with Crippen LogP contribution in [0.2, 0.25) is 0 Å². The van der Waals surface area contributed by atoms with Crippen molar-refractivity contribution >= 4 is 16.6 Å². The van der Waals surface area contributed by atoms with Crippen LogP contribution in [0.25, 0.3) is 10.9 Å². The van der Waals surface area contributed by atoms with Crippen molar-refractivity contribution in [1.82, 2.24) is 4.98 Å². The molecule has 0 spiro atoms. The van der Waals surface area contributed by atoms with E-state index < -0.39 is 11.6 Å². The number of aromatic nitrogens is 1. The Bertz CT molecular complexity index is 719. The smallest absolute Gasteiger partial charge is 0.128 e. The van der Waals surface area contributed by atoms with Gasteiger partial charge in [-0.15, -0.1) is 0 Å². The molecule has 1 aromatic heterocycles. The Morgan fingerprint density at radius 1 is 1.00 bits per heavy atom. The summed E-state index contributed by atoms with van der Waals surface area (Å²) in [4.78, 5) is 3.10. The van der Waals surface area contributed by atoms with Crippen molar-refractivity contribution in [3.63, 3.8) is 0 Å². The number of aromatic amines is 1. The lowest BCUT2D eigenvalue weighted by molar-refractivity contribution is 0.587. The van der Waals surface area contributed by atoms with E-state index >= 15 is 0 Å². The average Bonchev–Trinajstić information content (AvgIpc) is 2.87. The lowest BCUT2D eigenvalue weighted by atomic mass is 10.2. The van der Waals surface area contributed by atoms with Crippen LogP contribution >= 0.6 is 0 Å². The first-order valence-electron chi connectivity index (χ1n) is 5.97. The van der Waals surface area contributed by atoms with Gasteiger partial charge in [0, 0.05) is 34.9 Å². The van der Waals surface area contributed by atoms with Gasteiger partial charge in [-0.2, -0.15) is 0 Å². The first-order valence-corrected chi connectivity index (χ1v) is 5.97. The molecular formula is C15H12F2N2. The highest BCUT2D eigenvalue weighted by Gasteiger charge is 2.04. The summed E-state index contributed by atoms with van der Waals surface area (Å²) in [6, 6.07) is 11.2. The molecule has 3 rings (SSSR count). The molecule has 19 heavy (non-hydrogen) atoms. The van der Waals surface area contributed by atoms with E-state index in [4.69, 9.17) is 0 Å². The second kappa shape index (κ2) is 4.72. The van der Waals surface area contributed by atoms with Gasteiger partial charge in [-0.05, 0) is 42.5 Å². The van der Waals surface area contributed by atoms with Gasteiger partial charge in [0.05, 0.1) is 0 Å². The summed E-state index contributed by atoms with van der Waals surface area (Å²) < 4.78 is 26.5. The number of hydrogen-bond donors (Lipinski definition) is 2. The Hall–Kier alpha value is -2.36. The molecule has 4 heteroatoms.